The van der Waals surface area contributed by atoms with Crippen molar-refractivity contribution in [3.05, 3.63) is 34.3 Å². The number of carboxylic acid groups (broad SMARTS) is 1. The third kappa shape index (κ3) is 6.75. The fraction of sp³-hybridized carbons (Fsp3) is 0.438. The van der Waals surface area contributed by atoms with Crippen LogP contribution in [0.25, 0.3) is 6.08 Å². The lowest BCUT2D eigenvalue weighted by Gasteiger charge is -2.08. The van der Waals surface area contributed by atoms with Gasteiger partial charge in [0.1, 0.15) is 5.75 Å². The minimum Gasteiger partial charge on any atom is -0.492 e. The van der Waals surface area contributed by atoms with E-state index in [1.54, 1.807) is 6.08 Å². The first-order valence-electron chi connectivity index (χ1n) is 6.97. The molecule has 1 aromatic rings. The van der Waals surface area contributed by atoms with Crippen molar-refractivity contribution in [2.75, 3.05) is 6.61 Å². The lowest BCUT2D eigenvalue weighted by Crippen LogP contribution is -1.98. The van der Waals surface area contributed by atoms with Gasteiger partial charge in [0, 0.05) is 6.08 Å². The predicted octanol–water partition coefficient (Wildman–Crippen LogP) is 4.90. The summed E-state index contributed by atoms with van der Waals surface area (Å²) in [5.74, 6) is -0.151. The molecule has 20 heavy (non-hydrogen) atoms. The summed E-state index contributed by atoms with van der Waals surface area (Å²) in [6.07, 6.45) is 8.74. The van der Waals surface area contributed by atoms with Gasteiger partial charge in [0.25, 0.3) is 0 Å². The second-order valence-corrected chi connectivity index (χ2v) is 5.48. The molecule has 4 heteroatoms. The highest BCUT2D eigenvalue weighted by atomic mass is 79.9. The summed E-state index contributed by atoms with van der Waals surface area (Å²) in [5.41, 5.74) is 0.828. The molecule has 0 spiro atoms. The van der Waals surface area contributed by atoms with Crippen molar-refractivity contribution < 1.29 is 14.6 Å². The van der Waals surface area contributed by atoms with Crippen LogP contribution in [0, 0.1) is 0 Å². The van der Waals surface area contributed by atoms with Gasteiger partial charge >= 0.3 is 5.97 Å². The number of hydrogen-bond acceptors (Lipinski definition) is 2. The van der Waals surface area contributed by atoms with Gasteiger partial charge in [0.15, 0.2) is 0 Å². The van der Waals surface area contributed by atoms with E-state index in [2.05, 4.69) is 22.9 Å². The van der Waals surface area contributed by atoms with E-state index in [9.17, 15) is 4.79 Å². The summed E-state index contributed by atoms with van der Waals surface area (Å²) < 4.78 is 6.56. The molecule has 0 bridgehead atoms. The summed E-state index contributed by atoms with van der Waals surface area (Å²) in [5, 5.41) is 8.58. The summed E-state index contributed by atoms with van der Waals surface area (Å²) in [6.45, 7) is 2.92. The molecule has 110 valence electrons. The molecular formula is C16H21BrO3. The topological polar surface area (TPSA) is 46.5 Å². The van der Waals surface area contributed by atoms with Crippen LogP contribution < -0.4 is 4.74 Å². The number of rotatable bonds is 9. The number of carboxylic acids is 1. The zero-order valence-electron chi connectivity index (χ0n) is 11.8. The van der Waals surface area contributed by atoms with Gasteiger partial charge in [-0.05, 0) is 46.1 Å². The van der Waals surface area contributed by atoms with E-state index in [-0.39, 0.29) is 0 Å². The fourth-order valence-electron chi connectivity index (χ4n) is 1.79. The van der Waals surface area contributed by atoms with Gasteiger partial charge < -0.3 is 9.84 Å². The molecule has 1 rings (SSSR count). The molecule has 3 nitrogen and oxygen atoms in total. The van der Waals surface area contributed by atoms with Crippen molar-refractivity contribution in [3.63, 3.8) is 0 Å². The third-order valence-electron chi connectivity index (χ3n) is 2.88. The Morgan fingerprint density at radius 1 is 1.30 bits per heavy atom. The van der Waals surface area contributed by atoms with Crippen LogP contribution in [0.5, 0.6) is 5.75 Å². The largest absolute Gasteiger partial charge is 0.492 e. The van der Waals surface area contributed by atoms with Crippen molar-refractivity contribution in [1.82, 2.24) is 0 Å². The molecule has 1 aromatic carbocycles. The van der Waals surface area contributed by atoms with Gasteiger partial charge in [0.05, 0.1) is 11.1 Å². The quantitative estimate of drug-likeness (QED) is 0.513. The molecule has 0 atom stereocenters. The normalized spacial score (nSPS) is 10.9. The van der Waals surface area contributed by atoms with Crippen LogP contribution in [-0.4, -0.2) is 17.7 Å². The Balaban J connectivity index is 2.42. The van der Waals surface area contributed by atoms with E-state index >= 15 is 0 Å². The highest BCUT2D eigenvalue weighted by Gasteiger charge is 2.02. The Hall–Kier alpha value is -1.29. The van der Waals surface area contributed by atoms with Crippen LogP contribution in [0.1, 0.15) is 44.6 Å². The SMILES string of the molecule is CCCCCCCOc1ccc(C=CC(=O)O)cc1Br. The van der Waals surface area contributed by atoms with Crippen LogP contribution in [0.3, 0.4) is 0 Å². The summed E-state index contributed by atoms with van der Waals surface area (Å²) in [6, 6.07) is 5.56. The Bertz CT molecular complexity index is 455. The first kappa shape index (κ1) is 16.8. The van der Waals surface area contributed by atoms with E-state index < -0.39 is 5.97 Å². The zero-order valence-corrected chi connectivity index (χ0v) is 13.4. The van der Waals surface area contributed by atoms with Crippen molar-refractivity contribution in [2.45, 2.75) is 39.0 Å². The second-order valence-electron chi connectivity index (χ2n) is 4.62. The average molecular weight is 341 g/mol. The molecule has 0 aliphatic rings. The second kappa shape index (κ2) is 9.59. The minimum absolute atomic E-state index is 0.715. The van der Waals surface area contributed by atoms with E-state index in [1.165, 1.54) is 25.7 Å². The van der Waals surface area contributed by atoms with Gasteiger partial charge in [-0.2, -0.15) is 0 Å². The molecule has 0 radical (unpaired) electrons. The smallest absolute Gasteiger partial charge is 0.328 e. The molecule has 0 saturated heterocycles. The Labute approximate surface area is 128 Å². The number of ether oxygens (including phenoxy) is 1. The summed E-state index contributed by atoms with van der Waals surface area (Å²) >= 11 is 3.44. The average Bonchev–Trinajstić information content (AvgIpc) is 2.42. The molecule has 0 aromatic heterocycles. The van der Waals surface area contributed by atoms with Gasteiger partial charge in [-0.25, -0.2) is 4.79 Å². The Morgan fingerprint density at radius 2 is 2.05 bits per heavy atom. The first-order valence-corrected chi connectivity index (χ1v) is 7.76. The molecule has 0 saturated carbocycles. The highest BCUT2D eigenvalue weighted by Crippen LogP contribution is 2.26. The summed E-state index contributed by atoms with van der Waals surface area (Å²) in [4.78, 5) is 10.5. The number of unbranched alkanes of at least 4 members (excludes halogenated alkanes) is 4. The number of carbonyl (C=O) groups is 1. The maximum Gasteiger partial charge on any atom is 0.328 e. The minimum atomic E-state index is -0.950. The van der Waals surface area contributed by atoms with Crippen LogP contribution >= 0.6 is 15.9 Å². The van der Waals surface area contributed by atoms with Crippen molar-refractivity contribution >= 4 is 28.0 Å². The van der Waals surface area contributed by atoms with Crippen LogP contribution in [0.2, 0.25) is 0 Å². The lowest BCUT2D eigenvalue weighted by molar-refractivity contribution is -0.131. The van der Waals surface area contributed by atoms with Crippen LogP contribution in [-0.2, 0) is 4.79 Å². The highest BCUT2D eigenvalue weighted by molar-refractivity contribution is 9.10. The van der Waals surface area contributed by atoms with Gasteiger partial charge in [-0.3, -0.25) is 0 Å². The van der Waals surface area contributed by atoms with Gasteiger partial charge in [0.2, 0.25) is 0 Å². The maximum atomic E-state index is 10.5. The van der Waals surface area contributed by atoms with Gasteiger partial charge in [-0.1, -0.05) is 38.7 Å². The number of halogens is 1. The van der Waals surface area contributed by atoms with Crippen LogP contribution in [0.15, 0.2) is 28.7 Å². The Morgan fingerprint density at radius 3 is 2.70 bits per heavy atom. The molecule has 1 N–H and O–H groups in total. The first-order chi connectivity index (χ1) is 9.63. The Kier molecular flexibility index (Phi) is 8.04. The molecule has 0 fully saturated rings. The van der Waals surface area contributed by atoms with Crippen molar-refractivity contribution in [3.8, 4) is 5.75 Å². The monoisotopic (exact) mass is 340 g/mol. The predicted molar refractivity (Wildman–Crippen MR) is 85.1 cm³/mol. The molecule has 0 aliphatic carbocycles. The molecular weight excluding hydrogens is 320 g/mol. The molecule has 0 aliphatic heterocycles. The number of benzene rings is 1. The van der Waals surface area contributed by atoms with E-state index in [0.717, 1.165) is 28.3 Å². The van der Waals surface area contributed by atoms with E-state index in [1.807, 2.05) is 18.2 Å². The van der Waals surface area contributed by atoms with E-state index in [4.69, 9.17) is 9.84 Å². The zero-order chi connectivity index (χ0) is 14.8. The lowest BCUT2D eigenvalue weighted by atomic mass is 10.2. The van der Waals surface area contributed by atoms with Crippen molar-refractivity contribution in [2.24, 2.45) is 0 Å². The molecule has 0 heterocycles. The van der Waals surface area contributed by atoms with Crippen LogP contribution in [0.4, 0.5) is 0 Å². The molecule has 0 amide bonds. The standard InChI is InChI=1S/C16H21BrO3/c1-2-3-4-5-6-11-20-15-9-7-13(12-14(15)17)8-10-16(18)19/h7-10,12H,2-6,11H2,1H3,(H,18,19). The number of hydrogen-bond donors (Lipinski definition) is 1. The van der Waals surface area contributed by atoms with Crippen molar-refractivity contribution in [1.29, 1.82) is 0 Å². The van der Waals surface area contributed by atoms with E-state index in [0.29, 0.717) is 6.61 Å². The third-order valence-corrected chi connectivity index (χ3v) is 3.50. The fourth-order valence-corrected chi connectivity index (χ4v) is 2.30. The van der Waals surface area contributed by atoms with Gasteiger partial charge in [-0.15, -0.1) is 0 Å². The molecule has 0 unspecified atom stereocenters. The number of aliphatic carboxylic acids is 1. The summed E-state index contributed by atoms with van der Waals surface area (Å²) in [7, 11) is 0. The maximum absolute atomic E-state index is 10.5.